The molecular weight excluding hydrogens is 446 g/mol. The van der Waals surface area contributed by atoms with Crippen LogP contribution >= 0.6 is 0 Å². The Morgan fingerprint density at radius 2 is 1.48 bits per heavy atom. The molecule has 1 aliphatic carbocycles. The summed E-state index contributed by atoms with van der Waals surface area (Å²) in [7, 11) is 0. The summed E-state index contributed by atoms with van der Waals surface area (Å²) in [6.07, 6.45) is -6.30. The fourth-order valence-electron chi connectivity index (χ4n) is 3.98. The van der Waals surface area contributed by atoms with E-state index < -0.39 is 23.5 Å². The van der Waals surface area contributed by atoms with Gasteiger partial charge in [-0.2, -0.15) is 26.3 Å². The number of benzene rings is 2. The number of para-hydroxylation sites is 1. The number of aromatic hydroxyl groups is 1. The fourth-order valence-corrected chi connectivity index (χ4v) is 3.98. The molecule has 3 N–H and O–H groups in total. The maximum Gasteiger partial charge on any atom is 0.416 e. The smallest absolute Gasteiger partial charge is 0.416 e. The summed E-state index contributed by atoms with van der Waals surface area (Å²) >= 11 is 0. The average Bonchev–Trinajstić information content (AvgIpc) is 2.76. The van der Waals surface area contributed by atoms with Gasteiger partial charge in [0.1, 0.15) is 5.75 Å². The molecule has 33 heavy (non-hydrogen) atoms. The standard InChI is InChI=1S/C24H26F6N2O/c1-15(18-10-19(23(25,26)27)12-20(11-18)24(28,29)30)31-13-16-6-8-21(9-7-16)32-14-17-4-2-3-5-22(17)33/h2-5,10-12,16,21,31-33H,1,6-9,13-14H2. The minimum absolute atomic E-state index is 0.0337. The monoisotopic (exact) mass is 472 g/mol. The van der Waals surface area contributed by atoms with Gasteiger partial charge in [0.25, 0.3) is 0 Å². The lowest BCUT2D eigenvalue weighted by atomic mass is 9.85. The Morgan fingerprint density at radius 3 is 2.03 bits per heavy atom. The largest absolute Gasteiger partial charge is 0.508 e. The first-order valence-electron chi connectivity index (χ1n) is 10.7. The summed E-state index contributed by atoms with van der Waals surface area (Å²) in [5.41, 5.74) is -2.09. The molecule has 1 aliphatic rings. The number of phenolic OH excluding ortho intramolecular Hbond substituents is 1. The number of nitrogens with one attached hydrogen (secondary N) is 2. The number of hydrogen-bond acceptors (Lipinski definition) is 3. The maximum absolute atomic E-state index is 13.1. The minimum Gasteiger partial charge on any atom is -0.508 e. The Balaban J connectivity index is 1.53. The molecule has 0 heterocycles. The van der Waals surface area contributed by atoms with Crippen molar-refractivity contribution in [1.82, 2.24) is 10.6 Å². The Kier molecular flexibility index (Phi) is 7.62. The third-order valence-electron chi connectivity index (χ3n) is 5.96. The van der Waals surface area contributed by atoms with Gasteiger partial charge >= 0.3 is 12.4 Å². The Hall–Kier alpha value is -2.68. The SMILES string of the molecule is C=C(NCC1CCC(NCc2ccccc2O)CC1)c1cc(C(F)(F)F)cc(C(F)(F)F)c1. The van der Waals surface area contributed by atoms with Gasteiger partial charge in [0.15, 0.2) is 0 Å². The average molecular weight is 472 g/mol. The van der Waals surface area contributed by atoms with Crippen molar-refractivity contribution in [3.8, 4) is 5.75 Å². The van der Waals surface area contributed by atoms with Crippen LogP contribution in [0.3, 0.4) is 0 Å². The van der Waals surface area contributed by atoms with Crippen molar-refractivity contribution in [2.45, 2.75) is 50.6 Å². The van der Waals surface area contributed by atoms with Crippen molar-refractivity contribution in [3.05, 3.63) is 71.3 Å². The van der Waals surface area contributed by atoms with Gasteiger partial charge in [0.2, 0.25) is 0 Å². The summed E-state index contributed by atoms with van der Waals surface area (Å²) in [6.45, 7) is 4.63. The summed E-state index contributed by atoms with van der Waals surface area (Å²) in [6, 6.07) is 8.86. The molecule has 0 spiro atoms. The van der Waals surface area contributed by atoms with Gasteiger partial charge in [-0.3, -0.25) is 0 Å². The van der Waals surface area contributed by atoms with Crippen LogP contribution < -0.4 is 10.6 Å². The van der Waals surface area contributed by atoms with E-state index in [1.165, 1.54) is 0 Å². The van der Waals surface area contributed by atoms with Crippen LogP contribution in [0.5, 0.6) is 5.75 Å². The van der Waals surface area contributed by atoms with Crippen molar-refractivity contribution in [2.75, 3.05) is 6.54 Å². The zero-order valence-electron chi connectivity index (χ0n) is 17.9. The number of hydrogen-bond donors (Lipinski definition) is 3. The van der Waals surface area contributed by atoms with E-state index >= 15 is 0 Å². The van der Waals surface area contributed by atoms with Crippen molar-refractivity contribution in [3.63, 3.8) is 0 Å². The zero-order valence-corrected chi connectivity index (χ0v) is 17.9. The van der Waals surface area contributed by atoms with E-state index in [0.29, 0.717) is 25.2 Å². The normalized spacial score (nSPS) is 19.3. The second-order valence-electron chi connectivity index (χ2n) is 8.38. The lowest BCUT2D eigenvalue weighted by molar-refractivity contribution is -0.143. The molecule has 2 aromatic rings. The van der Waals surface area contributed by atoms with Crippen LogP contribution in [0.4, 0.5) is 26.3 Å². The van der Waals surface area contributed by atoms with Crippen molar-refractivity contribution in [2.24, 2.45) is 5.92 Å². The number of rotatable bonds is 7. The van der Waals surface area contributed by atoms with Gasteiger partial charge in [-0.05, 0) is 61.4 Å². The van der Waals surface area contributed by atoms with Crippen LogP contribution in [0.2, 0.25) is 0 Å². The molecule has 1 fully saturated rings. The molecule has 0 unspecified atom stereocenters. The second kappa shape index (κ2) is 10.1. The molecule has 3 rings (SSSR count). The zero-order chi connectivity index (χ0) is 24.2. The number of halogens is 6. The van der Waals surface area contributed by atoms with Crippen molar-refractivity contribution in [1.29, 1.82) is 0 Å². The van der Waals surface area contributed by atoms with Crippen LogP contribution in [0.25, 0.3) is 5.70 Å². The highest BCUT2D eigenvalue weighted by Crippen LogP contribution is 2.37. The van der Waals surface area contributed by atoms with Gasteiger partial charge in [0, 0.05) is 30.4 Å². The summed E-state index contributed by atoms with van der Waals surface area (Å²) in [4.78, 5) is 0. The van der Waals surface area contributed by atoms with Crippen LogP contribution in [0.1, 0.15) is 47.9 Å². The highest BCUT2D eigenvalue weighted by molar-refractivity contribution is 5.63. The van der Waals surface area contributed by atoms with Crippen molar-refractivity contribution < 1.29 is 31.4 Å². The van der Waals surface area contributed by atoms with Crippen LogP contribution in [0, 0.1) is 5.92 Å². The summed E-state index contributed by atoms with van der Waals surface area (Å²) in [5, 5.41) is 16.2. The molecular formula is C24H26F6N2O. The molecule has 2 aromatic carbocycles. The van der Waals surface area contributed by atoms with Gasteiger partial charge in [-0.1, -0.05) is 24.8 Å². The van der Waals surface area contributed by atoms with E-state index in [9.17, 15) is 31.4 Å². The van der Waals surface area contributed by atoms with Crippen LogP contribution in [-0.4, -0.2) is 17.7 Å². The molecule has 0 aliphatic heterocycles. The Bertz CT molecular complexity index is 930. The predicted octanol–water partition coefficient (Wildman–Crippen LogP) is 6.34. The third kappa shape index (κ3) is 6.90. The second-order valence-corrected chi connectivity index (χ2v) is 8.38. The first kappa shape index (κ1) is 25.0. The molecule has 0 radical (unpaired) electrons. The molecule has 9 heteroatoms. The first-order chi connectivity index (χ1) is 15.4. The minimum atomic E-state index is -4.89. The van der Waals surface area contributed by atoms with Crippen LogP contribution in [-0.2, 0) is 18.9 Å². The van der Waals surface area contributed by atoms with E-state index in [-0.39, 0.29) is 35.0 Å². The molecule has 0 saturated heterocycles. The lowest BCUT2D eigenvalue weighted by Gasteiger charge is -2.30. The van der Waals surface area contributed by atoms with E-state index in [2.05, 4.69) is 17.2 Å². The Morgan fingerprint density at radius 1 is 0.909 bits per heavy atom. The van der Waals surface area contributed by atoms with E-state index in [1.807, 2.05) is 12.1 Å². The van der Waals surface area contributed by atoms with Crippen molar-refractivity contribution >= 4 is 5.70 Å². The molecule has 0 amide bonds. The van der Waals surface area contributed by atoms with Crippen LogP contribution in [0.15, 0.2) is 49.0 Å². The first-order valence-corrected chi connectivity index (χ1v) is 10.7. The lowest BCUT2D eigenvalue weighted by Crippen LogP contribution is -2.35. The van der Waals surface area contributed by atoms with Gasteiger partial charge in [0.05, 0.1) is 11.1 Å². The molecule has 0 bridgehead atoms. The molecule has 0 atom stereocenters. The van der Waals surface area contributed by atoms with E-state index in [1.54, 1.807) is 12.1 Å². The molecule has 0 aromatic heterocycles. The number of phenols is 1. The highest BCUT2D eigenvalue weighted by Gasteiger charge is 2.37. The van der Waals surface area contributed by atoms with E-state index in [4.69, 9.17) is 0 Å². The van der Waals surface area contributed by atoms with Gasteiger partial charge in [-0.25, -0.2) is 0 Å². The van der Waals surface area contributed by atoms with Gasteiger partial charge < -0.3 is 15.7 Å². The topological polar surface area (TPSA) is 44.3 Å². The number of alkyl halides is 6. The molecule has 180 valence electrons. The van der Waals surface area contributed by atoms with Gasteiger partial charge in [-0.15, -0.1) is 0 Å². The predicted molar refractivity (Wildman–Crippen MR) is 114 cm³/mol. The van der Waals surface area contributed by atoms with E-state index in [0.717, 1.165) is 31.2 Å². The highest BCUT2D eigenvalue weighted by atomic mass is 19.4. The quantitative estimate of drug-likeness (QED) is 0.412. The fraction of sp³-hybridized carbons (Fsp3) is 0.417. The molecule has 3 nitrogen and oxygen atoms in total. The maximum atomic E-state index is 13.1. The summed E-state index contributed by atoms with van der Waals surface area (Å²) < 4.78 is 78.4. The molecule has 1 saturated carbocycles. The Labute approximate surface area is 188 Å². The summed E-state index contributed by atoms with van der Waals surface area (Å²) in [5.74, 6) is 0.475. The third-order valence-corrected chi connectivity index (χ3v) is 5.96.